The number of rotatable bonds is 4. The molecule has 2 rings (SSSR count). The average molecular weight is 367 g/mol. The molecule has 2 amide bonds. The van der Waals surface area contributed by atoms with E-state index in [1.807, 2.05) is 24.3 Å². The van der Waals surface area contributed by atoms with Crippen molar-refractivity contribution in [2.75, 3.05) is 26.7 Å². The van der Waals surface area contributed by atoms with Crippen molar-refractivity contribution in [3.8, 4) is 0 Å². The number of likely N-dealkylation sites (N-methyl/N-ethyl adjacent to an activating group) is 1. The topological polar surface area (TPSA) is 60.9 Å². The molecule has 0 aromatic heterocycles. The Bertz CT molecular complexity index is 588. The number of hydrogen-bond acceptors (Lipinski definition) is 3. The number of β-amino-alcohol motifs (C(OH)–C–C–N with tert-alkyl or cyclic N) is 1. The van der Waals surface area contributed by atoms with Crippen LogP contribution in [0.5, 0.6) is 0 Å². The van der Waals surface area contributed by atoms with Crippen LogP contribution in [0, 0.1) is 0 Å². The lowest BCUT2D eigenvalue weighted by Gasteiger charge is -2.25. The zero-order chi connectivity index (χ0) is 16.3. The quantitative estimate of drug-likeness (QED) is 0.821. The van der Waals surface area contributed by atoms with Crippen LogP contribution < -0.4 is 0 Å². The lowest BCUT2D eigenvalue weighted by molar-refractivity contribution is -0.137. The second-order valence-electron chi connectivity index (χ2n) is 5.50. The van der Waals surface area contributed by atoms with E-state index in [-0.39, 0.29) is 24.9 Å². The molecule has 0 radical (unpaired) electrons. The second-order valence-corrected chi connectivity index (χ2v) is 6.42. The highest BCUT2D eigenvalue weighted by Gasteiger charge is 2.39. The van der Waals surface area contributed by atoms with Crippen molar-refractivity contribution in [3.63, 3.8) is 0 Å². The van der Waals surface area contributed by atoms with E-state index in [2.05, 4.69) is 22.5 Å². The number of benzene rings is 1. The molecular formula is C16H19BrN2O3. The van der Waals surface area contributed by atoms with Gasteiger partial charge in [0.2, 0.25) is 11.8 Å². The Hall–Kier alpha value is -1.66. The molecule has 1 fully saturated rings. The molecule has 6 heteroatoms. The molecule has 0 spiro atoms. The highest BCUT2D eigenvalue weighted by molar-refractivity contribution is 9.10. The molecule has 5 nitrogen and oxygen atoms in total. The number of amides is 2. The molecule has 1 unspecified atom stereocenters. The van der Waals surface area contributed by atoms with Crippen LogP contribution in [0.2, 0.25) is 0 Å². The molecule has 0 saturated carbocycles. The number of nitrogens with zero attached hydrogens (tertiary/aromatic N) is 2. The Morgan fingerprint density at radius 3 is 2.68 bits per heavy atom. The van der Waals surface area contributed by atoms with E-state index in [1.165, 1.54) is 11.0 Å². The van der Waals surface area contributed by atoms with Gasteiger partial charge in [0.15, 0.2) is 0 Å². The van der Waals surface area contributed by atoms with Crippen LogP contribution in [0.25, 0.3) is 0 Å². The molecule has 0 aliphatic carbocycles. The molecule has 1 aromatic carbocycles. The lowest BCUT2D eigenvalue weighted by Crippen LogP contribution is -2.41. The fraction of sp³-hybridized carbons (Fsp3) is 0.375. The molecule has 22 heavy (non-hydrogen) atoms. The summed E-state index contributed by atoms with van der Waals surface area (Å²) in [6.07, 6.45) is 1.66. The monoisotopic (exact) mass is 366 g/mol. The molecule has 1 heterocycles. The Morgan fingerprint density at radius 1 is 1.45 bits per heavy atom. The Balaban J connectivity index is 2.02. The first-order valence-corrected chi connectivity index (χ1v) is 7.79. The van der Waals surface area contributed by atoms with E-state index >= 15 is 0 Å². The Morgan fingerprint density at radius 2 is 2.09 bits per heavy atom. The zero-order valence-corrected chi connectivity index (χ0v) is 14.0. The molecule has 118 valence electrons. The molecule has 1 aliphatic rings. The largest absolute Gasteiger partial charge is 0.383 e. The molecule has 0 bridgehead atoms. The highest BCUT2D eigenvalue weighted by atomic mass is 79.9. The van der Waals surface area contributed by atoms with Crippen LogP contribution in [-0.2, 0) is 15.2 Å². The molecule has 1 atom stereocenters. The van der Waals surface area contributed by atoms with Crippen LogP contribution >= 0.6 is 15.9 Å². The lowest BCUT2D eigenvalue weighted by atomic mass is 9.93. The molecule has 1 N–H and O–H groups in total. The highest BCUT2D eigenvalue weighted by Crippen LogP contribution is 2.32. The summed E-state index contributed by atoms with van der Waals surface area (Å²) in [5, 5.41) is 10.8. The van der Waals surface area contributed by atoms with Gasteiger partial charge in [0.1, 0.15) is 5.60 Å². The normalized spacial score (nSPS) is 20.8. The molecule has 1 aromatic rings. The first kappa shape index (κ1) is 16.7. The van der Waals surface area contributed by atoms with Gasteiger partial charge in [-0.2, -0.15) is 0 Å². The van der Waals surface area contributed by atoms with Gasteiger partial charge < -0.3 is 14.9 Å². The van der Waals surface area contributed by atoms with Gasteiger partial charge in [0.05, 0.1) is 13.1 Å². The van der Waals surface area contributed by atoms with Gasteiger partial charge in [-0.05, 0) is 30.2 Å². The van der Waals surface area contributed by atoms with Crippen molar-refractivity contribution >= 4 is 27.7 Å². The van der Waals surface area contributed by atoms with Gasteiger partial charge in [0, 0.05) is 18.1 Å². The molecule has 1 aliphatic heterocycles. The molecular weight excluding hydrogens is 348 g/mol. The summed E-state index contributed by atoms with van der Waals surface area (Å²) >= 11 is 3.36. The van der Waals surface area contributed by atoms with E-state index in [9.17, 15) is 14.7 Å². The minimum Gasteiger partial charge on any atom is -0.383 e. The summed E-state index contributed by atoms with van der Waals surface area (Å²) in [4.78, 5) is 26.6. The van der Waals surface area contributed by atoms with Gasteiger partial charge in [-0.1, -0.05) is 34.6 Å². The summed E-state index contributed by atoms with van der Waals surface area (Å²) in [6.45, 7) is 4.10. The smallest absolute Gasteiger partial charge is 0.246 e. The summed E-state index contributed by atoms with van der Waals surface area (Å²) in [5.41, 5.74) is -0.237. The maximum absolute atomic E-state index is 12.2. The number of halogens is 1. The predicted octanol–water partition coefficient (Wildman–Crippen LogP) is 1.51. The zero-order valence-electron chi connectivity index (χ0n) is 12.5. The number of hydrogen-bond donors (Lipinski definition) is 1. The third kappa shape index (κ3) is 3.56. The van der Waals surface area contributed by atoms with Gasteiger partial charge in [-0.25, -0.2) is 0 Å². The maximum atomic E-state index is 12.2. The number of carbonyl (C=O) groups excluding carboxylic acids is 2. The van der Waals surface area contributed by atoms with E-state index in [0.717, 1.165) is 10.0 Å². The van der Waals surface area contributed by atoms with E-state index in [0.29, 0.717) is 13.0 Å². The van der Waals surface area contributed by atoms with Gasteiger partial charge in [0.25, 0.3) is 0 Å². The fourth-order valence-corrected chi connectivity index (χ4v) is 2.80. The maximum Gasteiger partial charge on any atom is 0.246 e. The average Bonchev–Trinajstić information content (AvgIpc) is 2.90. The van der Waals surface area contributed by atoms with Crippen LogP contribution in [0.3, 0.4) is 0 Å². The van der Waals surface area contributed by atoms with Crippen LogP contribution in [0.4, 0.5) is 0 Å². The predicted molar refractivity (Wildman–Crippen MR) is 87.1 cm³/mol. The molecule has 1 saturated heterocycles. The van der Waals surface area contributed by atoms with Crippen LogP contribution in [-0.4, -0.2) is 53.4 Å². The van der Waals surface area contributed by atoms with Crippen LogP contribution in [0.1, 0.15) is 12.0 Å². The fourth-order valence-electron chi connectivity index (χ4n) is 2.54. The first-order valence-electron chi connectivity index (χ1n) is 6.99. The van der Waals surface area contributed by atoms with E-state index in [4.69, 9.17) is 0 Å². The van der Waals surface area contributed by atoms with Gasteiger partial charge in [-0.15, -0.1) is 0 Å². The summed E-state index contributed by atoms with van der Waals surface area (Å²) in [6, 6.07) is 7.44. The minimum absolute atomic E-state index is 0.0126. The van der Waals surface area contributed by atoms with Crippen molar-refractivity contribution in [2.24, 2.45) is 0 Å². The summed E-state index contributed by atoms with van der Waals surface area (Å²) in [7, 11) is 1.55. The summed E-state index contributed by atoms with van der Waals surface area (Å²) < 4.78 is 0.940. The van der Waals surface area contributed by atoms with Crippen molar-refractivity contribution < 1.29 is 14.7 Å². The number of aliphatic hydroxyl groups is 1. The standard InChI is InChI=1S/C16H19BrN2O3/c1-3-14(20)18(2)10-15(21)19-9-8-16(22,11-19)12-4-6-13(17)7-5-12/h3-7,22H,1,8-11H2,2H3. The first-order chi connectivity index (χ1) is 10.4. The SMILES string of the molecule is C=CC(=O)N(C)CC(=O)N1CCC(O)(c2ccc(Br)cc2)C1. The second kappa shape index (κ2) is 6.62. The van der Waals surface area contributed by atoms with Crippen LogP contribution in [0.15, 0.2) is 41.4 Å². The van der Waals surface area contributed by atoms with Crippen molar-refractivity contribution in [1.29, 1.82) is 0 Å². The number of carbonyl (C=O) groups is 2. The number of likely N-dealkylation sites (tertiary alicyclic amines) is 1. The van der Waals surface area contributed by atoms with E-state index in [1.54, 1.807) is 11.9 Å². The van der Waals surface area contributed by atoms with Crippen molar-refractivity contribution in [3.05, 3.63) is 47.0 Å². The van der Waals surface area contributed by atoms with Crippen molar-refractivity contribution in [2.45, 2.75) is 12.0 Å². The third-order valence-electron chi connectivity index (χ3n) is 3.91. The van der Waals surface area contributed by atoms with E-state index < -0.39 is 5.60 Å². The van der Waals surface area contributed by atoms with Gasteiger partial charge in [-0.3, -0.25) is 9.59 Å². The summed E-state index contributed by atoms with van der Waals surface area (Å²) in [5.74, 6) is -0.471. The van der Waals surface area contributed by atoms with Crippen molar-refractivity contribution in [1.82, 2.24) is 9.80 Å². The third-order valence-corrected chi connectivity index (χ3v) is 4.43. The minimum atomic E-state index is -1.03. The van der Waals surface area contributed by atoms with Gasteiger partial charge >= 0.3 is 0 Å². The Labute approximate surface area is 138 Å². The Kier molecular flexibility index (Phi) is 5.03.